The van der Waals surface area contributed by atoms with Gasteiger partial charge >= 0.3 is 5.97 Å². The molecule has 1 aliphatic rings. The van der Waals surface area contributed by atoms with Crippen molar-refractivity contribution in [1.29, 1.82) is 0 Å². The van der Waals surface area contributed by atoms with Crippen LogP contribution < -0.4 is 11.1 Å². The zero-order valence-electron chi connectivity index (χ0n) is 11.6. The first-order valence-corrected chi connectivity index (χ1v) is 6.38. The summed E-state index contributed by atoms with van der Waals surface area (Å²) >= 11 is 0. The fraction of sp³-hybridized carbons (Fsp3) is 0.846. The van der Waals surface area contributed by atoms with Crippen LogP contribution in [0.2, 0.25) is 0 Å². The van der Waals surface area contributed by atoms with Crippen LogP contribution in [0, 0.1) is 11.3 Å². The molecule has 1 saturated carbocycles. The Morgan fingerprint density at radius 3 is 2.17 bits per heavy atom. The number of amides is 1. The highest BCUT2D eigenvalue weighted by Gasteiger charge is 2.42. The molecule has 104 valence electrons. The van der Waals surface area contributed by atoms with E-state index in [2.05, 4.69) is 5.32 Å². The Morgan fingerprint density at radius 2 is 1.78 bits per heavy atom. The van der Waals surface area contributed by atoms with Crippen molar-refractivity contribution in [3.05, 3.63) is 0 Å². The van der Waals surface area contributed by atoms with Crippen LogP contribution in [-0.2, 0) is 9.59 Å². The van der Waals surface area contributed by atoms with Gasteiger partial charge in [0.05, 0.1) is 11.3 Å². The van der Waals surface area contributed by atoms with Crippen molar-refractivity contribution in [2.24, 2.45) is 17.1 Å². The molecule has 5 heteroatoms. The largest absolute Gasteiger partial charge is 0.481 e. The molecule has 0 aliphatic heterocycles. The van der Waals surface area contributed by atoms with Crippen molar-refractivity contribution in [1.82, 2.24) is 5.32 Å². The van der Waals surface area contributed by atoms with Gasteiger partial charge in [0.15, 0.2) is 0 Å². The Labute approximate surface area is 108 Å². The maximum Gasteiger partial charge on any atom is 0.306 e. The van der Waals surface area contributed by atoms with E-state index >= 15 is 0 Å². The first kappa shape index (κ1) is 15.0. The topological polar surface area (TPSA) is 92.4 Å². The summed E-state index contributed by atoms with van der Waals surface area (Å²) in [7, 11) is 0. The molecule has 1 fully saturated rings. The lowest BCUT2D eigenvalue weighted by Gasteiger charge is -2.37. The van der Waals surface area contributed by atoms with Gasteiger partial charge in [0.25, 0.3) is 0 Å². The van der Waals surface area contributed by atoms with Crippen LogP contribution in [0.3, 0.4) is 0 Å². The molecule has 0 aromatic heterocycles. The second-order valence-corrected chi connectivity index (χ2v) is 6.37. The number of carboxylic acid groups (broad SMARTS) is 1. The number of carboxylic acids is 1. The van der Waals surface area contributed by atoms with Gasteiger partial charge in [-0.15, -0.1) is 0 Å². The summed E-state index contributed by atoms with van der Waals surface area (Å²) in [6, 6.07) is -0.0415. The van der Waals surface area contributed by atoms with Crippen LogP contribution in [0.1, 0.15) is 47.0 Å². The Hall–Kier alpha value is -1.10. The number of nitrogens with two attached hydrogens (primary N) is 1. The molecule has 18 heavy (non-hydrogen) atoms. The van der Waals surface area contributed by atoms with Crippen molar-refractivity contribution in [2.45, 2.75) is 58.5 Å². The summed E-state index contributed by atoms with van der Waals surface area (Å²) in [6.45, 7) is 7.26. The summed E-state index contributed by atoms with van der Waals surface area (Å²) in [6.07, 6.45) is 1.87. The van der Waals surface area contributed by atoms with E-state index in [1.807, 2.05) is 27.7 Å². The van der Waals surface area contributed by atoms with Gasteiger partial charge in [0, 0.05) is 11.6 Å². The Balaban J connectivity index is 2.60. The number of hydrogen-bond donors (Lipinski definition) is 3. The van der Waals surface area contributed by atoms with Gasteiger partial charge < -0.3 is 16.2 Å². The molecule has 2 unspecified atom stereocenters. The number of nitrogens with one attached hydrogen (secondary N) is 1. The Bertz CT molecular complexity index is 345. The zero-order chi connectivity index (χ0) is 14.1. The number of carbonyl (C=O) groups excluding carboxylic acids is 1. The smallest absolute Gasteiger partial charge is 0.306 e. The average molecular weight is 256 g/mol. The van der Waals surface area contributed by atoms with Crippen molar-refractivity contribution in [3.63, 3.8) is 0 Å². The standard InChI is InChI=1S/C13H24N2O3/c1-12(2,13(3,4)14)11(18)15-9-6-5-8(7-9)10(16)17/h8-9H,5-7,14H2,1-4H3,(H,15,18)(H,16,17). The van der Waals surface area contributed by atoms with Gasteiger partial charge in [-0.1, -0.05) is 0 Å². The predicted octanol–water partition coefficient (Wildman–Crippen LogP) is 1.12. The molecule has 5 nitrogen and oxygen atoms in total. The summed E-state index contributed by atoms with van der Waals surface area (Å²) in [5.74, 6) is -1.21. The monoisotopic (exact) mass is 256 g/mol. The van der Waals surface area contributed by atoms with E-state index in [9.17, 15) is 9.59 Å². The van der Waals surface area contributed by atoms with E-state index in [0.29, 0.717) is 12.8 Å². The molecule has 0 aromatic rings. The van der Waals surface area contributed by atoms with E-state index in [-0.39, 0.29) is 17.9 Å². The molecular weight excluding hydrogens is 232 g/mol. The Morgan fingerprint density at radius 1 is 1.22 bits per heavy atom. The van der Waals surface area contributed by atoms with Crippen LogP contribution in [0.5, 0.6) is 0 Å². The van der Waals surface area contributed by atoms with Gasteiger partial charge in [-0.05, 0) is 47.0 Å². The second kappa shape index (κ2) is 4.88. The fourth-order valence-corrected chi connectivity index (χ4v) is 2.00. The number of aliphatic carboxylic acids is 1. The maximum absolute atomic E-state index is 12.2. The van der Waals surface area contributed by atoms with Crippen LogP contribution in [-0.4, -0.2) is 28.6 Å². The molecule has 2 atom stereocenters. The SMILES string of the molecule is CC(C)(N)C(C)(C)C(=O)NC1CCC(C(=O)O)C1. The fourth-order valence-electron chi connectivity index (χ4n) is 2.00. The normalized spacial score (nSPS) is 24.9. The first-order chi connectivity index (χ1) is 8.05. The molecule has 0 aromatic carbocycles. The van der Waals surface area contributed by atoms with E-state index in [1.54, 1.807) is 0 Å². The molecule has 0 heterocycles. The number of carbonyl (C=O) groups is 2. The highest BCUT2D eigenvalue weighted by molar-refractivity contribution is 5.83. The summed E-state index contributed by atoms with van der Waals surface area (Å²) < 4.78 is 0. The van der Waals surface area contributed by atoms with Crippen LogP contribution in [0.25, 0.3) is 0 Å². The van der Waals surface area contributed by atoms with Gasteiger partial charge in [0.2, 0.25) is 5.91 Å². The molecular formula is C13H24N2O3. The average Bonchev–Trinajstić information content (AvgIpc) is 2.64. The zero-order valence-corrected chi connectivity index (χ0v) is 11.6. The molecule has 1 aliphatic carbocycles. The highest BCUT2D eigenvalue weighted by Crippen LogP contribution is 2.31. The quantitative estimate of drug-likeness (QED) is 0.702. The van der Waals surface area contributed by atoms with Crippen LogP contribution >= 0.6 is 0 Å². The van der Waals surface area contributed by atoms with Gasteiger partial charge in [-0.2, -0.15) is 0 Å². The summed E-state index contributed by atoms with van der Waals surface area (Å²) in [4.78, 5) is 23.1. The Kier molecular flexibility index (Phi) is 4.05. The minimum absolute atomic E-state index is 0.0415. The van der Waals surface area contributed by atoms with Gasteiger partial charge in [0.1, 0.15) is 0 Å². The van der Waals surface area contributed by atoms with E-state index < -0.39 is 16.9 Å². The lowest BCUT2D eigenvalue weighted by molar-refractivity contribution is -0.141. The lowest BCUT2D eigenvalue weighted by atomic mass is 9.74. The third-order valence-electron chi connectivity index (χ3n) is 4.30. The van der Waals surface area contributed by atoms with Crippen LogP contribution in [0.15, 0.2) is 0 Å². The minimum atomic E-state index is -0.773. The van der Waals surface area contributed by atoms with Crippen molar-refractivity contribution in [3.8, 4) is 0 Å². The lowest BCUT2D eigenvalue weighted by Crippen LogP contribution is -2.56. The van der Waals surface area contributed by atoms with Crippen molar-refractivity contribution < 1.29 is 14.7 Å². The molecule has 0 spiro atoms. The number of hydrogen-bond acceptors (Lipinski definition) is 3. The van der Waals surface area contributed by atoms with Gasteiger partial charge in [-0.25, -0.2) is 0 Å². The predicted molar refractivity (Wildman–Crippen MR) is 69.0 cm³/mol. The van der Waals surface area contributed by atoms with E-state index in [1.165, 1.54) is 0 Å². The minimum Gasteiger partial charge on any atom is -0.481 e. The molecule has 0 bridgehead atoms. The van der Waals surface area contributed by atoms with Crippen molar-refractivity contribution in [2.75, 3.05) is 0 Å². The van der Waals surface area contributed by atoms with Gasteiger partial charge in [-0.3, -0.25) is 9.59 Å². The van der Waals surface area contributed by atoms with E-state index in [4.69, 9.17) is 10.8 Å². The highest BCUT2D eigenvalue weighted by atomic mass is 16.4. The van der Waals surface area contributed by atoms with Crippen LogP contribution in [0.4, 0.5) is 0 Å². The maximum atomic E-state index is 12.2. The molecule has 1 rings (SSSR count). The number of rotatable bonds is 4. The van der Waals surface area contributed by atoms with E-state index in [0.717, 1.165) is 6.42 Å². The van der Waals surface area contributed by atoms with Crippen molar-refractivity contribution >= 4 is 11.9 Å². The third-order valence-corrected chi connectivity index (χ3v) is 4.30. The molecule has 0 radical (unpaired) electrons. The third kappa shape index (κ3) is 3.02. The molecule has 1 amide bonds. The molecule has 0 saturated heterocycles. The second-order valence-electron chi connectivity index (χ2n) is 6.37. The molecule has 4 N–H and O–H groups in total. The first-order valence-electron chi connectivity index (χ1n) is 6.38. The summed E-state index contributed by atoms with van der Waals surface area (Å²) in [5, 5.41) is 11.8. The summed E-state index contributed by atoms with van der Waals surface area (Å²) in [5.41, 5.74) is 4.70.